The van der Waals surface area contributed by atoms with Crippen LogP contribution in [0.15, 0.2) is 23.0 Å². The average molecular weight is 248 g/mol. The summed E-state index contributed by atoms with van der Waals surface area (Å²) >= 11 is 0. The minimum absolute atomic E-state index is 0.262. The van der Waals surface area contributed by atoms with Crippen molar-refractivity contribution in [1.82, 2.24) is 4.90 Å². The summed E-state index contributed by atoms with van der Waals surface area (Å²) in [6, 6.07) is 2.23. The molecule has 1 aliphatic carbocycles. The smallest absolute Gasteiger partial charge is 0.222 e. The first-order valence-electron chi connectivity index (χ1n) is 6.78. The van der Waals surface area contributed by atoms with Gasteiger partial charge >= 0.3 is 0 Å². The molecule has 2 fully saturated rings. The van der Waals surface area contributed by atoms with Crippen LogP contribution in [0.25, 0.3) is 0 Å². The van der Waals surface area contributed by atoms with Crippen LogP contribution in [0, 0.1) is 11.8 Å². The number of aryl methyl sites for hydroxylation is 1. The molecule has 0 spiro atoms. The van der Waals surface area contributed by atoms with Gasteiger partial charge in [-0.05, 0) is 42.7 Å². The van der Waals surface area contributed by atoms with E-state index in [-0.39, 0.29) is 5.91 Å². The van der Waals surface area contributed by atoms with Gasteiger partial charge in [0.05, 0.1) is 12.5 Å². The lowest BCUT2D eigenvalue weighted by Crippen LogP contribution is -2.33. The van der Waals surface area contributed by atoms with Crippen LogP contribution in [-0.4, -0.2) is 29.9 Å². The fourth-order valence-corrected chi connectivity index (χ4v) is 3.36. The number of fused-ring (bicyclic) bond motifs is 1. The van der Waals surface area contributed by atoms with Gasteiger partial charge in [-0.25, -0.2) is 0 Å². The lowest BCUT2D eigenvalue weighted by atomic mass is 9.98. The van der Waals surface area contributed by atoms with Gasteiger partial charge < -0.3 is 15.1 Å². The van der Waals surface area contributed by atoms with Crippen LogP contribution in [-0.2, 0) is 11.2 Å². The van der Waals surface area contributed by atoms with Gasteiger partial charge in [0.1, 0.15) is 0 Å². The van der Waals surface area contributed by atoms with E-state index in [1.807, 2.05) is 11.0 Å². The second kappa shape index (κ2) is 4.76. The van der Waals surface area contributed by atoms with Crippen molar-refractivity contribution >= 4 is 5.91 Å². The maximum atomic E-state index is 12.1. The third-order valence-electron chi connectivity index (χ3n) is 4.47. The predicted molar refractivity (Wildman–Crippen MR) is 67.8 cm³/mol. The Morgan fingerprint density at radius 3 is 3.06 bits per heavy atom. The van der Waals surface area contributed by atoms with Crippen molar-refractivity contribution in [2.24, 2.45) is 17.6 Å². The molecule has 3 atom stereocenters. The minimum atomic E-state index is 0.262. The normalized spacial score (nSPS) is 30.7. The molecule has 1 aliphatic heterocycles. The van der Waals surface area contributed by atoms with Gasteiger partial charge in [0.2, 0.25) is 5.91 Å². The first-order valence-corrected chi connectivity index (χ1v) is 6.78. The average Bonchev–Trinajstić information content (AvgIpc) is 3.05. The number of nitrogens with zero attached hydrogens (tertiary/aromatic N) is 1. The summed E-state index contributed by atoms with van der Waals surface area (Å²) in [6.45, 7) is 1.79. The third-order valence-corrected chi connectivity index (χ3v) is 4.47. The van der Waals surface area contributed by atoms with E-state index in [4.69, 9.17) is 10.2 Å². The predicted octanol–water partition coefficient (Wildman–Crippen LogP) is 1.41. The first kappa shape index (κ1) is 11.8. The number of carbonyl (C=O) groups excluding carboxylic acids is 1. The molecule has 2 N–H and O–H groups in total. The molecule has 98 valence electrons. The number of hydrogen-bond acceptors (Lipinski definition) is 3. The summed E-state index contributed by atoms with van der Waals surface area (Å²) in [5, 5.41) is 0. The summed E-state index contributed by atoms with van der Waals surface area (Å²) < 4.78 is 5.01. The Labute approximate surface area is 107 Å². The van der Waals surface area contributed by atoms with Crippen LogP contribution in [0.2, 0.25) is 0 Å². The van der Waals surface area contributed by atoms with E-state index >= 15 is 0 Å². The largest absolute Gasteiger partial charge is 0.472 e. The van der Waals surface area contributed by atoms with E-state index in [0.29, 0.717) is 24.3 Å². The van der Waals surface area contributed by atoms with E-state index in [1.165, 1.54) is 6.42 Å². The van der Waals surface area contributed by atoms with Crippen LogP contribution in [0.4, 0.5) is 0 Å². The van der Waals surface area contributed by atoms with Crippen LogP contribution in [0.5, 0.6) is 0 Å². The number of amides is 1. The van der Waals surface area contributed by atoms with E-state index in [1.54, 1.807) is 12.5 Å². The topological polar surface area (TPSA) is 59.5 Å². The van der Waals surface area contributed by atoms with Gasteiger partial charge in [-0.3, -0.25) is 4.79 Å². The molecule has 1 aromatic heterocycles. The summed E-state index contributed by atoms with van der Waals surface area (Å²) in [5.41, 5.74) is 7.18. The lowest BCUT2D eigenvalue weighted by molar-refractivity contribution is -0.130. The van der Waals surface area contributed by atoms with Crippen molar-refractivity contribution in [3.05, 3.63) is 24.2 Å². The molecule has 3 rings (SSSR count). The number of rotatable bonds is 3. The molecule has 3 unspecified atom stereocenters. The highest BCUT2D eigenvalue weighted by Crippen LogP contribution is 2.37. The molecule has 4 heteroatoms. The third kappa shape index (κ3) is 2.17. The second-order valence-corrected chi connectivity index (χ2v) is 5.60. The molecule has 0 radical (unpaired) electrons. The molecular weight excluding hydrogens is 228 g/mol. The Balaban J connectivity index is 1.52. The van der Waals surface area contributed by atoms with E-state index < -0.39 is 0 Å². The maximum absolute atomic E-state index is 12.1. The molecule has 0 bridgehead atoms. The second-order valence-electron chi connectivity index (χ2n) is 5.60. The Morgan fingerprint density at radius 1 is 1.44 bits per heavy atom. The Kier molecular flexibility index (Phi) is 3.12. The molecule has 4 nitrogen and oxygen atoms in total. The standard InChI is InChI=1S/C14H20N2O2/c15-13-3-2-11-7-16(8-12(11)13)14(17)4-1-10-5-6-18-9-10/h5-6,9,11-13H,1-4,7-8,15H2. The summed E-state index contributed by atoms with van der Waals surface area (Å²) in [5.74, 6) is 1.46. The van der Waals surface area contributed by atoms with Crippen LogP contribution < -0.4 is 5.73 Å². The molecule has 1 amide bonds. The van der Waals surface area contributed by atoms with Gasteiger partial charge in [-0.15, -0.1) is 0 Å². The molecule has 2 aliphatic rings. The Hall–Kier alpha value is -1.29. The van der Waals surface area contributed by atoms with Crippen molar-refractivity contribution in [2.75, 3.05) is 13.1 Å². The van der Waals surface area contributed by atoms with Crippen molar-refractivity contribution in [2.45, 2.75) is 31.7 Å². The highest BCUT2D eigenvalue weighted by atomic mass is 16.3. The van der Waals surface area contributed by atoms with Crippen molar-refractivity contribution in [3.63, 3.8) is 0 Å². The summed E-state index contributed by atoms with van der Waals surface area (Å²) in [4.78, 5) is 14.1. The van der Waals surface area contributed by atoms with Gasteiger partial charge in [0.25, 0.3) is 0 Å². The molecule has 2 heterocycles. The zero-order chi connectivity index (χ0) is 12.5. The lowest BCUT2D eigenvalue weighted by Gasteiger charge is -2.18. The van der Waals surface area contributed by atoms with Gasteiger partial charge in [0, 0.05) is 25.6 Å². The zero-order valence-electron chi connectivity index (χ0n) is 10.5. The summed E-state index contributed by atoms with van der Waals surface area (Å²) in [6.07, 6.45) is 7.03. The molecule has 1 saturated carbocycles. The molecule has 1 saturated heterocycles. The Morgan fingerprint density at radius 2 is 2.33 bits per heavy atom. The first-order chi connectivity index (χ1) is 8.74. The monoisotopic (exact) mass is 248 g/mol. The Bertz CT molecular complexity index is 415. The molecular formula is C14H20N2O2. The SMILES string of the molecule is NC1CCC2CN(C(=O)CCc3ccoc3)CC12. The summed E-state index contributed by atoms with van der Waals surface area (Å²) in [7, 11) is 0. The molecule has 0 aromatic carbocycles. The van der Waals surface area contributed by atoms with Crippen molar-refractivity contribution in [1.29, 1.82) is 0 Å². The van der Waals surface area contributed by atoms with Crippen LogP contribution in [0.3, 0.4) is 0 Å². The highest BCUT2D eigenvalue weighted by Gasteiger charge is 2.42. The highest BCUT2D eigenvalue weighted by molar-refractivity contribution is 5.76. The van der Waals surface area contributed by atoms with Crippen LogP contribution >= 0.6 is 0 Å². The number of carbonyl (C=O) groups is 1. The fourth-order valence-electron chi connectivity index (χ4n) is 3.36. The number of likely N-dealkylation sites (tertiary alicyclic amines) is 1. The maximum Gasteiger partial charge on any atom is 0.222 e. The van der Waals surface area contributed by atoms with Gasteiger partial charge in [0.15, 0.2) is 0 Å². The molecule has 18 heavy (non-hydrogen) atoms. The minimum Gasteiger partial charge on any atom is -0.472 e. The number of hydrogen-bond donors (Lipinski definition) is 1. The van der Waals surface area contributed by atoms with Crippen LogP contribution in [0.1, 0.15) is 24.8 Å². The quantitative estimate of drug-likeness (QED) is 0.879. The van der Waals surface area contributed by atoms with Gasteiger partial charge in [-0.1, -0.05) is 0 Å². The van der Waals surface area contributed by atoms with Gasteiger partial charge in [-0.2, -0.15) is 0 Å². The van der Waals surface area contributed by atoms with E-state index in [9.17, 15) is 4.79 Å². The number of furan rings is 1. The van der Waals surface area contributed by atoms with E-state index in [2.05, 4.69) is 0 Å². The molecule has 1 aromatic rings. The fraction of sp³-hybridized carbons (Fsp3) is 0.643. The van der Waals surface area contributed by atoms with Crippen molar-refractivity contribution in [3.8, 4) is 0 Å². The van der Waals surface area contributed by atoms with Crippen molar-refractivity contribution < 1.29 is 9.21 Å². The number of nitrogens with two attached hydrogens (primary N) is 1. The van der Waals surface area contributed by atoms with E-state index in [0.717, 1.165) is 31.5 Å². The zero-order valence-corrected chi connectivity index (χ0v) is 10.5.